The summed E-state index contributed by atoms with van der Waals surface area (Å²) in [6, 6.07) is 10.6. The summed E-state index contributed by atoms with van der Waals surface area (Å²) in [5, 5.41) is 2.84. The van der Waals surface area contributed by atoms with E-state index in [1.165, 1.54) is 16.4 Å². The van der Waals surface area contributed by atoms with Crippen LogP contribution in [0.15, 0.2) is 47.4 Å². The summed E-state index contributed by atoms with van der Waals surface area (Å²) in [5.41, 5.74) is 0.787. The molecule has 0 aromatic heterocycles. The highest BCUT2D eigenvalue weighted by atomic mass is 32.2. The molecule has 2 aromatic rings. The molecule has 2 aliphatic rings. The lowest BCUT2D eigenvalue weighted by Crippen LogP contribution is -2.50. The van der Waals surface area contributed by atoms with Crippen LogP contribution in [0.5, 0.6) is 11.5 Å². The number of piperazine rings is 1. The van der Waals surface area contributed by atoms with Crippen molar-refractivity contribution in [3.8, 4) is 11.5 Å². The Morgan fingerprint density at radius 1 is 1.12 bits per heavy atom. The second-order valence-corrected chi connectivity index (χ2v) is 11.1. The second-order valence-electron chi connectivity index (χ2n) is 9.12. The van der Waals surface area contributed by atoms with E-state index in [1.807, 2.05) is 26.0 Å². The fraction of sp³-hybridized carbons (Fsp3) is 0.458. The molecule has 0 spiro atoms. The third-order valence-corrected chi connectivity index (χ3v) is 7.86. The van der Waals surface area contributed by atoms with E-state index in [0.29, 0.717) is 50.8 Å². The topological polar surface area (TPSA) is 88.2 Å². The Labute approximate surface area is 199 Å². The van der Waals surface area contributed by atoms with E-state index in [-0.39, 0.29) is 23.0 Å². The lowest BCUT2D eigenvalue weighted by Gasteiger charge is -2.33. The Morgan fingerprint density at radius 2 is 1.82 bits per heavy atom. The number of ether oxygens (including phenoxy) is 2. The van der Waals surface area contributed by atoms with E-state index in [1.54, 1.807) is 6.07 Å². The molecule has 8 nitrogen and oxygen atoms in total. The molecule has 1 N–H and O–H groups in total. The van der Waals surface area contributed by atoms with Crippen molar-refractivity contribution in [2.24, 2.45) is 0 Å². The van der Waals surface area contributed by atoms with Gasteiger partial charge >= 0.3 is 0 Å². The molecular weight excluding hydrogens is 461 g/mol. The number of benzene rings is 2. The summed E-state index contributed by atoms with van der Waals surface area (Å²) in [6.45, 7) is 6.75. The number of amides is 1. The van der Waals surface area contributed by atoms with Gasteiger partial charge in [-0.2, -0.15) is 4.31 Å². The van der Waals surface area contributed by atoms with Crippen LogP contribution in [0, 0.1) is 5.82 Å². The minimum Gasteiger partial charge on any atom is -0.483 e. The number of nitrogens with zero attached hydrogens (tertiary/aromatic N) is 2. The van der Waals surface area contributed by atoms with E-state index in [4.69, 9.17) is 9.47 Å². The van der Waals surface area contributed by atoms with Gasteiger partial charge in [-0.3, -0.25) is 9.69 Å². The summed E-state index contributed by atoms with van der Waals surface area (Å²) in [6.07, 6.45) is 0.796. The second kappa shape index (κ2) is 9.89. The first-order valence-electron chi connectivity index (χ1n) is 11.3. The molecule has 1 saturated heterocycles. The van der Waals surface area contributed by atoms with Crippen molar-refractivity contribution in [2.45, 2.75) is 30.8 Å². The molecule has 10 heteroatoms. The molecule has 1 amide bonds. The largest absolute Gasteiger partial charge is 0.483 e. The average Bonchev–Trinajstić information content (AvgIpc) is 3.12. The molecule has 4 rings (SSSR count). The van der Waals surface area contributed by atoms with Crippen molar-refractivity contribution in [1.29, 1.82) is 0 Å². The van der Waals surface area contributed by atoms with Crippen LogP contribution in [0.3, 0.4) is 0 Å². The summed E-state index contributed by atoms with van der Waals surface area (Å²) >= 11 is 0. The zero-order valence-electron chi connectivity index (χ0n) is 19.4. The number of nitrogens with one attached hydrogen (secondary N) is 1. The predicted octanol–water partition coefficient (Wildman–Crippen LogP) is 2.04. The van der Waals surface area contributed by atoms with Crippen molar-refractivity contribution in [1.82, 2.24) is 14.5 Å². The quantitative estimate of drug-likeness (QED) is 0.608. The Kier molecular flexibility index (Phi) is 7.11. The minimum atomic E-state index is -3.64. The number of hydrogen-bond donors (Lipinski definition) is 1. The first-order chi connectivity index (χ1) is 16.1. The normalized spacial score (nSPS) is 18.2. The van der Waals surface area contributed by atoms with Gasteiger partial charge in [0.2, 0.25) is 10.0 Å². The molecule has 0 atom stereocenters. The van der Waals surface area contributed by atoms with Gasteiger partial charge in [0.1, 0.15) is 11.4 Å². The van der Waals surface area contributed by atoms with Crippen molar-refractivity contribution in [2.75, 3.05) is 45.9 Å². The van der Waals surface area contributed by atoms with Crippen molar-refractivity contribution in [3.05, 3.63) is 53.8 Å². The highest BCUT2D eigenvalue weighted by Gasteiger charge is 2.32. The van der Waals surface area contributed by atoms with Gasteiger partial charge in [0.15, 0.2) is 18.1 Å². The number of carbonyl (C=O) groups excluding carboxylic acids is 1. The Hall–Kier alpha value is -2.69. The van der Waals surface area contributed by atoms with Crippen LogP contribution in [-0.4, -0.2) is 75.0 Å². The summed E-state index contributed by atoms with van der Waals surface area (Å²) in [5.74, 6) is 0.569. The highest BCUT2D eigenvalue weighted by Crippen LogP contribution is 2.41. The molecule has 184 valence electrons. The molecule has 2 heterocycles. The van der Waals surface area contributed by atoms with Gasteiger partial charge in [0, 0.05) is 51.3 Å². The molecule has 0 bridgehead atoms. The summed E-state index contributed by atoms with van der Waals surface area (Å²) in [4.78, 5) is 14.4. The number of sulfonamides is 1. The lowest BCUT2D eigenvalue weighted by molar-refractivity contribution is -0.123. The molecule has 0 radical (unpaired) electrons. The smallest absolute Gasteiger partial charge is 0.257 e. The summed E-state index contributed by atoms with van der Waals surface area (Å²) < 4.78 is 51.6. The maximum atomic E-state index is 13.1. The van der Waals surface area contributed by atoms with Crippen molar-refractivity contribution < 1.29 is 27.1 Å². The number of rotatable bonds is 8. The molecule has 0 saturated carbocycles. The Balaban J connectivity index is 1.18. The lowest BCUT2D eigenvalue weighted by atomic mass is 10.0. The first kappa shape index (κ1) is 24.4. The molecular formula is C24H30FN3O5S. The van der Waals surface area contributed by atoms with E-state index in [9.17, 15) is 17.6 Å². The highest BCUT2D eigenvalue weighted by molar-refractivity contribution is 7.89. The van der Waals surface area contributed by atoms with Crippen LogP contribution in [0.25, 0.3) is 0 Å². The van der Waals surface area contributed by atoms with E-state index in [0.717, 1.165) is 24.1 Å². The number of hydrogen-bond acceptors (Lipinski definition) is 6. The van der Waals surface area contributed by atoms with Crippen LogP contribution in [0.2, 0.25) is 0 Å². The number of carbonyl (C=O) groups is 1. The molecule has 0 aliphatic carbocycles. The fourth-order valence-electron chi connectivity index (χ4n) is 4.20. The Morgan fingerprint density at radius 3 is 2.53 bits per heavy atom. The van der Waals surface area contributed by atoms with Crippen LogP contribution in [-0.2, 0) is 21.2 Å². The zero-order valence-corrected chi connectivity index (χ0v) is 20.2. The first-order valence-corrected chi connectivity index (χ1v) is 12.8. The minimum absolute atomic E-state index is 0.0904. The third-order valence-electron chi connectivity index (χ3n) is 5.95. The molecule has 2 aliphatic heterocycles. The van der Waals surface area contributed by atoms with Crippen LogP contribution < -0.4 is 14.8 Å². The number of halogens is 1. The van der Waals surface area contributed by atoms with Gasteiger partial charge < -0.3 is 14.8 Å². The monoisotopic (exact) mass is 491 g/mol. The van der Waals surface area contributed by atoms with E-state index in [2.05, 4.69) is 10.2 Å². The SMILES string of the molecule is CC1(C)Cc2cccc(OCC(=O)NCCN3CCN(S(=O)(=O)c4ccc(F)cc4)CC3)c2O1. The van der Waals surface area contributed by atoms with Crippen LogP contribution in [0.1, 0.15) is 19.4 Å². The van der Waals surface area contributed by atoms with Gasteiger partial charge in [0.25, 0.3) is 5.91 Å². The van der Waals surface area contributed by atoms with Gasteiger partial charge in [-0.25, -0.2) is 12.8 Å². The van der Waals surface area contributed by atoms with E-state index < -0.39 is 15.8 Å². The van der Waals surface area contributed by atoms with Gasteiger partial charge in [-0.1, -0.05) is 12.1 Å². The zero-order chi connectivity index (χ0) is 24.3. The fourth-order valence-corrected chi connectivity index (χ4v) is 5.62. The molecule has 1 fully saturated rings. The standard InChI is InChI=1S/C24H30FN3O5S/c1-24(2)16-18-4-3-5-21(23(18)33-24)32-17-22(29)26-10-11-27-12-14-28(15-13-27)34(30,31)20-8-6-19(25)7-9-20/h3-9H,10-17H2,1-2H3,(H,26,29). The maximum absolute atomic E-state index is 13.1. The summed E-state index contributed by atoms with van der Waals surface area (Å²) in [7, 11) is -3.64. The predicted molar refractivity (Wildman–Crippen MR) is 125 cm³/mol. The number of para-hydroxylation sites is 1. The Bertz CT molecular complexity index is 1130. The van der Waals surface area contributed by atoms with Crippen LogP contribution in [0.4, 0.5) is 4.39 Å². The molecule has 34 heavy (non-hydrogen) atoms. The van der Waals surface area contributed by atoms with Crippen molar-refractivity contribution in [3.63, 3.8) is 0 Å². The van der Waals surface area contributed by atoms with Gasteiger partial charge in [0.05, 0.1) is 4.90 Å². The van der Waals surface area contributed by atoms with Gasteiger partial charge in [-0.05, 0) is 44.2 Å². The van der Waals surface area contributed by atoms with Gasteiger partial charge in [-0.15, -0.1) is 0 Å². The number of fused-ring (bicyclic) bond motifs is 1. The molecule has 2 aromatic carbocycles. The van der Waals surface area contributed by atoms with Crippen LogP contribution >= 0.6 is 0 Å². The van der Waals surface area contributed by atoms with Crippen molar-refractivity contribution >= 4 is 15.9 Å². The average molecular weight is 492 g/mol. The molecule has 0 unspecified atom stereocenters. The maximum Gasteiger partial charge on any atom is 0.257 e. The van der Waals surface area contributed by atoms with E-state index >= 15 is 0 Å². The third kappa shape index (κ3) is 5.68.